The van der Waals surface area contributed by atoms with Gasteiger partial charge in [0, 0.05) is 16.0 Å². The maximum absolute atomic E-state index is 13.0. The van der Waals surface area contributed by atoms with Crippen LogP contribution >= 0.6 is 23.2 Å². The Labute approximate surface area is 125 Å². The number of aromatic nitrogens is 2. The lowest BCUT2D eigenvalue weighted by atomic mass is 10.1. The summed E-state index contributed by atoms with van der Waals surface area (Å²) >= 11 is 12.3. The molecule has 0 saturated heterocycles. The van der Waals surface area contributed by atoms with Crippen molar-refractivity contribution < 1.29 is 4.39 Å². The lowest BCUT2D eigenvalue weighted by Crippen LogP contribution is -1.94. The monoisotopic (exact) mass is 306 g/mol. The van der Waals surface area contributed by atoms with Crippen LogP contribution in [0.15, 0.2) is 36.4 Å². The maximum atomic E-state index is 13.0. The maximum Gasteiger partial charge on any atom is 0.161 e. The van der Waals surface area contributed by atoms with Crippen LogP contribution in [-0.2, 0) is 0 Å². The van der Waals surface area contributed by atoms with E-state index >= 15 is 0 Å². The van der Waals surface area contributed by atoms with Gasteiger partial charge in [0.15, 0.2) is 5.82 Å². The van der Waals surface area contributed by atoms with Crippen molar-refractivity contribution in [1.82, 2.24) is 9.97 Å². The van der Waals surface area contributed by atoms with E-state index in [0.717, 1.165) is 10.9 Å². The number of aryl methyl sites for hydroxylation is 1. The van der Waals surface area contributed by atoms with Crippen LogP contribution in [0, 0.1) is 12.7 Å². The molecule has 100 valence electrons. The van der Waals surface area contributed by atoms with E-state index < -0.39 is 0 Å². The van der Waals surface area contributed by atoms with Crippen molar-refractivity contribution in [1.29, 1.82) is 0 Å². The highest BCUT2D eigenvalue weighted by atomic mass is 35.5. The molecule has 1 aromatic heterocycles. The van der Waals surface area contributed by atoms with Gasteiger partial charge in [-0.05, 0) is 48.9 Å². The summed E-state index contributed by atoms with van der Waals surface area (Å²) in [7, 11) is 0. The minimum Gasteiger partial charge on any atom is -0.228 e. The summed E-state index contributed by atoms with van der Waals surface area (Å²) in [4.78, 5) is 8.75. The standard InChI is InChI=1S/C15H9Cl2FN2/c1-8-12(16)7-6-11-13(8)19-15(20-14(11)17)9-2-4-10(18)5-3-9/h2-7H,1H3. The molecule has 5 heteroatoms. The fourth-order valence-electron chi connectivity index (χ4n) is 2.00. The van der Waals surface area contributed by atoms with Crippen molar-refractivity contribution in [3.63, 3.8) is 0 Å². The van der Waals surface area contributed by atoms with E-state index in [0.29, 0.717) is 27.1 Å². The molecule has 0 aliphatic rings. The van der Waals surface area contributed by atoms with Crippen LogP contribution in [-0.4, -0.2) is 9.97 Å². The molecule has 2 nitrogen and oxygen atoms in total. The van der Waals surface area contributed by atoms with Gasteiger partial charge in [-0.15, -0.1) is 0 Å². The van der Waals surface area contributed by atoms with Gasteiger partial charge in [-0.2, -0.15) is 0 Å². The molecule has 0 radical (unpaired) electrons. The number of halogens is 3. The van der Waals surface area contributed by atoms with E-state index in [2.05, 4.69) is 9.97 Å². The van der Waals surface area contributed by atoms with E-state index in [1.807, 2.05) is 6.92 Å². The van der Waals surface area contributed by atoms with Gasteiger partial charge < -0.3 is 0 Å². The van der Waals surface area contributed by atoms with Gasteiger partial charge in [-0.3, -0.25) is 0 Å². The molecule has 0 fully saturated rings. The molecule has 0 amide bonds. The van der Waals surface area contributed by atoms with Crippen molar-refractivity contribution in [2.45, 2.75) is 6.92 Å². The van der Waals surface area contributed by atoms with E-state index in [9.17, 15) is 4.39 Å². The van der Waals surface area contributed by atoms with Gasteiger partial charge in [-0.25, -0.2) is 14.4 Å². The molecule has 0 unspecified atom stereocenters. The zero-order valence-corrected chi connectivity index (χ0v) is 12.0. The fraction of sp³-hybridized carbons (Fsp3) is 0.0667. The summed E-state index contributed by atoms with van der Waals surface area (Å²) in [5.41, 5.74) is 2.25. The topological polar surface area (TPSA) is 25.8 Å². The minimum atomic E-state index is -0.306. The highest BCUT2D eigenvalue weighted by molar-refractivity contribution is 6.35. The quantitative estimate of drug-likeness (QED) is 0.588. The first-order valence-electron chi connectivity index (χ1n) is 5.94. The lowest BCUT2D eigenvalue weighted by Gasteiger charge is -2.08. The van der Waals surface area contributed by atoms with Crippen molar-refractivity contribution in [2.75, 3.05) is 0 Å². The second-order valence-electron chi connectivity index (χ2n) is 4.41. The van der Waals surface area contributed by atoms with Gasteiger partial charge in [0.2, 0.25) is 0 Å². The number of hydrogen-bond donors (Lipinski definition) is 0. The number of hydrogen-bond acceptors (Lipinski definition) is 2. The van der Waals surface area contributed by atoms with Gasteiger partial charge in [0.05, 0.1) is 5.52 Å². The summed E-state index contributed by atoms with van der Waals surface area (Å²) in [6.07, 6.45) is 0. The van der Waals surface area contributed by atoms with E-state index in [4.69, 9.17) is 23.2 Å². The van der Waals surface area contributed by atoms with Gasteiger partial charge in [0.25, 0.3) is 0 Å². The highest BCUT2D eigenvalue weighted by Crippen LogP contribution is 2.30. The molecular formula is C15H9Cl2FN2. The van der Waals surface area contributed by atoms with E-state index in [1.54, 1.807) is 24.3 Å². The van der Waals surface area contributed by atoms with Gasteiger partial charge in [-0.1, -0.05) is 23.2 Å². The third-order valence-electron chi connectivity index (χ3n) is 3.11. The van der Waals surface area contributed by atoms with Crippen LogP contribution in [0.3, 0.4) is 0 Å². The van der Waals surface area contributed by atoms with Crippen molar-refractivity contribution in [3.8, 4) is 11.4 Å². The summed E-state index contributed by atoms with van der Waals surface area (Å²) in [6.45, 7) is 1.88. The van der Waals surface area contributed by atoms with Crippen LogP contribution in [0.4, 0.5) is 4.39 Å². The predicted molar refractivity (Wildman–Crippen MR) is 79.7 cm³/mol. The lowest BCUT2D eigenvalue weighted by molar-refractivity contribution is 0.628. The second kappa shape index (κ2) is 5.00. The molecule has 0 spiro atoms. The third-order valence-corrected chi connectivity index (χ3v) is 3.81. The molecule has 0 aliphatic heterocycles. The largest absolute Gasteiger partial charge is 0.228 e. The fourth-order valence-corrected chi connectivity index (χ4v) is 2.38. The molecule has 20 heavy (non-hydrogen) atoms. The first kappa shape index (κ1) is 13.3. The van der Waals surface area contributed by atoms with Crippen molar-refractivity contribution in [2.24, 2.45) is 0 Å². The highest BCUT2D eigenvalue weighted by Gasteiger charge is 2.11. The molecule has 0 atom stereocenters. The average Bonchev–Trinajstić information content (AvgIpc) is 2.44. The first-order valence-corrected chi connectivity index (χ1v) is 6.70. The molecule has 0 saturated carbocycles. The Morgan fingerprint density at radius 2 is 1.65 bits per heavy atom. The molecule has 3 aromatic rings. The van der Waals surface area contributed by atoms with Crippen LogP contribution in [0.1, 0.15) is 5.56 Å². The van der Waals surface area contributed by atoms with Gasteiger partial charge >= 0.3 is 0 Å². The van der Waals surface area contributed by atoms with Gasteiger partial charge in [0.1, 0.15) is 11.0 Å². The average molecular weight is 307 g/mol. The Morgan fingerprint density at radius 1 is 0.950 bits per heavy atom. The number of nitrogens with zero attached hydrogens (tertiary/aromatic N) is 2. The SMILES string of the molecule is Cc1c(Cl)ccc2c(Cl)nc(-c3ccc(F)cc3)nc12. The number of fused-ring (bicyclic) bond motifs is 1. The molecule has 3 rings (SSSR count). The first-order chi connectivity index (χ1) is 9.56. The molecule has 2 aromatic carbocycles. The third kappa shape index (κ3) is 2.23. The molecular weight excluding hydrogens is 298 g/mol. The smallest absolute Gasteiger partial charge is 0.161 e. The Morgan fingerprint density at radius 3 is 2.35 bits per heavy atom. The Bertz CT molecular complexity index is 801. The summed E-state index contributed by atoms with van der Waals surface area (Å²) in [5.74, 6) is 0.146. The summed E-state index contributed by atoms with van der Waals surface area (Å²) < 4.78 is 13.0. The Hall–Kier alpha value is -1.71. The second-order valence-corrected chi connectivity index (χ2v) is 5.18. The molecule has 0 aliphatic carbocycles. The van der Waals surface area contributed by atoms with E-state index in [1.165, 1.54) is 12.1 Å². The Kier molecular flexibility index (Phi) is 3.32. The zero-order valence-electron chi connectivity index (χ0n) is 10.5. The molecule has 0 bridgehead atoms. The van der Waals surface area contributed by atoms with Crippen molar-refractivity contribution in [3.05, 3.63) is 58.0 Å². The predicted octanol–water partition coefficient (Wildman–Crippen LogP) is 5.05. The summed E-state index contributed by atoms with van der Waals surface area (Å²) in [5, 5.41) is 1.73. The normalized spacial score (nSPS) is 11.0. The minimum absolute atomic E-state index is 0.306. The van der Waals surface area contributed by atoms with E-state index in [-0.39, 0.29) is 5.82 Å². The van der Waals surface area contributed by atoms with Crippen molar-refractivity contribution >= 4 is 34.1 Å². The Balaban J connectivity index is 2.28. The number of benzene rings is 2. The van der Waals surface area contributed by atoms with Crippen LogP contribution in [0.5, 0.6) is 0 Å². The number of rotatable bonds is 1. The van der Waals surface area contributed by atoms with Crippen LogP contribution in [0.25, 0.3) is 22.3 Å². The molecule has 1 heterocycles. The zero-order chi connectivity index (χ0) is 14.3. The van der Waals surface area contributed by atoms with Crippen LogP contribution < -0.4 is 0 Å². The summed E-state index contributed by atoms with van der Waals surface area (Å²) in [6, 6.07) is 9.52. The van der Waals surface area contributed by atoms with Crippen LogP contribution in [0.2, 0.25) is 10.2 Å². The molecule has 0 N–H and O–H groups in total.